The third-order valence-corrected chi connectivity index (χ3v) is 6.73. The van der Waals surface area contributed by atoms with Gasteiger partial charge in [-0.3, -0.25) is 0 Å². The molecule has 19 heavy (non-hydrogen) atoms. The van der Waals surface area contributed by atoms with Crippen molar-refractivity contribution >= 4 is 46.7 Å². The minimum absolute atomic E-state index is 0.368. The first kappa shape index (κ1) is 15.8. The van der Waals surface area contributed by atoms with Crippen molar-refractivity contribution in [2.24, 2.45) is 0 Å². The summed E-state index contributed by atoms with van der Waals surface area (Å²) in [5.74, 6) is 3.70. The van der Waals surface area contributed by atoms with E-state index in [9.17, 15) is 0 Å². The van der Waals surface area contributed by atoms with Gasteiger partial charge in [0.2, 0.25) is 0 Å². The second-order valence-electron chi connectivity index (χ2n) is 4.59. The Balaban J connectivity index is 2.17. The Bertz CT molecular complexity index is 408. The summed E-state index contributed by atoms with van der Waals surface area (Å²) >= 11 is 16.3. The SMILES string of the molecule is CCCNC(c1ccc(Cl)c(Cl)c1)C1CSCCS1. The largest absolute Gasteiger partial charge is 0.309 e. The summed E-state index contributed by atoms with van der Waals surface area (Å²) in [5.41, 5.74) is 1.25. The van der Waals surface area contributed by atoms with Gasteiger partial charge in [0, 0.05) is 28.6 Å². The standard InChI is InChI=1S/C14H19Cl2NS2/c1-2-5-17-14(13-9-18-6-7-19-13)10-3-4-11(15)12(16)8-10/h3-4,8,13-14,17H,2,5-7,9H2,1H3. The summed E-state index contributed by atoms with van der Waals surface area (Å²) in [5, 5.41) is 5.56. The minimum Gasteiger partial charge on any atom is -0.309 e. The Kier molecular flexibility index (Phi) is 6.70. The highest BCUT2D eigenvalue weighted by molar-refractivity contribution is 8.06. The monoisotopic (exact) mass is 335 g/mol. The predicted molar refractivity (Wildman–Crippen MR) is 91.1 cm³/mol. The van der Waals surface area contributed by atoms with Gasteiger partial charge < -0.3 is 5.32 Å². The average molecular weight is 336 g/mol. The second-order valence-corrected chi connectivity index (χ2v) is 7.90. The average Bonchev–Trinajstić information content (AvgIpc) is 2.44. The molecule has 106 valence electrons. The molecule has 1 nitrogen and oxygen atoms in total. The number of hydrogen-bond donors (Lipinski definition) is 1. The molecule has 0 spiro atoms. The summed E-state index contributed by atoms with van der Waals surface area (Å²) in [4.78, 5) is 0. The zero-order valence-electron chi connectivity index (χ0n) is 11.0. The fourth-order valence-corrected chi connectivity index (χ4v) is 5.34. The van der Waals surface area contributed by atoms with E-state index < -0.39 is 0 Å². The maximum atomic E-state index is 6.16. The van der Waals surface area contributed by atoms with Crippen molar-refractivity contribution in [2.75, 3.05) is 23.8 Å². The molecule has 0 saturated carbocycles. The lowest BCUT2D eigenvalue weighted by atomic mass is 10.0. The molecule has 1 saturated heterocycles. The van der Waals surface area contributed by atoms with E-state index in [1.54, 1.807) is 0 Å². The van der Waals surface area contributed by atoms with Gasteiger partial charge in [-0.05, 0) is 30.7 Å². The Hall–Kier alpha value is 0.460. The molecule has 1 aromatic rings. The molecule has 1 aromatic carbocycles. The zero-order chi connectivity index (χ0) is 13.7. The number of thioether (sulfide) groups is 2. The highest BCUT2D eigenvalue weighted by Gasteiger charge is 2.25. The Morgan fingerprint density at radius 3 is 2.79 bits per heavy atom. The van der Waals surface area contributed by atoms with Crippen molar-refractivity contribution in [2.45, 2.75) is 24.6 Å². The topological polar surface area (TPSA) is 12.0 Å². The molecule has 2 atom stereocenters. The summed E-state index contributed by atoms with van der Waals surface area (Å²) in [6, 6.07) is 6.38. The van der Waals surface area contributed by atoms with Gasteiger partial charge in [-0.15, -0.1) is 0 Å². The van der Waals surface area contributed by atoms with Crippen molar-refractivity contribution in [1.29, 1.82) is 0 Å². The third kappa shape index (κ3) is 4.47. The van der Waals surface area contributed by atoms with Crippen molar-refractivity contribution in [3.63, 3.8) is 0 Å². The first-order valence-electron chi connectivity index (χ1n) is 6.60. The van der Waals surface area contributed by atoms with Crippen LogP contribution in [0.4, 0.5) is 0 Å². The lowest BCUT2D eigenvalue weighted by molar-refractivity contribution is 0.530. The van der Waals surface area contributed by atoms with Crippen molar-refractivity contribution < 1.29 is 0 Å². The Morgan fingerprint density at radius 2 is 2.16 bits per heavy atom. The summed E-state index contributed by atoms with van der Waals surface area (Å²) in [6.45, 7) is 3.23. The summed E-state index contributed by atoms with van der Waals surface area (Å²) in [6.07, 6.45) is 1.14. The molecular weight excluding hydrogens is 317 g/mol. The van der Waals surface area contributed by atoms with Gasteiger partial charge in [0.15, 0.2) is 0 Å². The maximum Gasteiger partial charge on any atom is 0.0595 e. The molecule has 0 bridgehead atoms. The van der Waals surface area contributed by atoms with E-state index in [4.69, 9.17) is 23.2 Å². The predicted octanol–water partition coefficient (Wildman–Crippen LogP) is 4.88. The Labute approximate surface area is 134 Å². The number of rotatable bonds is 5. The minimum atomic E-state index is 0.368. The molecule has 0 aromatic heterocycles. The lowest BCUT2D eigenvalue weighted by Gasteiger charge is -2.31. The van der Waals surface area contributed by atoms with E-state index >= 15 is 0 Å². The molecule has 1 N–H and O–H groups in total. The van der Waals surface area contributed by atoms with E-state index in [0.29, 0.717) is 21.3 Å². The van der Waals surface area contributed by atoms with E-state index in [0.717, 1.165) is 13.0 Å². The number of nitrogens with one attached hydrogen (secondary N) is 1. The van der Waals surface area contributed by atoms with E-state index in [2.05, 4.69) is 30.1 Å². The highest BCUT2D eigenvalue weighted by Crippen LogP contribution is 2.35. The van der Waals surface area contributed by atoms with Crippen LogP contribution < -0.4 is 5.32 Å². The van der Waals surface area contributed by atoms with Gasteiger partial charge in [-0.1, -0.05) is 36.2 Å². The van der Waals surface area contributed by atoms with Crippen LogP contribution in [0.3, 0.4) is 0 Å². The number of benzene rings is 1. The molecule has 0 radical (unpaired) electrons. The van der Waals surface area contributed by atoms with Crippen LogP contribution in [-0.2, 0) is 0 Å². The molecule has 1 aliphatic rings. The summed E-state index contributed by atoms with van der Waals surface area (Å²) in [7, 11) is 0. The van der Waals surface area contributed by atoms with Crippen molar-refractivity contribution in [1.82, 2.24) is 5.32 Å². The molecule has 1 fully saturated rings. The molecule has 1 aliphatic heterocycles. The normalized spacial score (nSPS) is 21.3. The quantitative estimate of drug-likeness (QED) is 0.823. The first-order valence-corrected chi connectivity index (χ1v) is 9.56. The second kappa shape index (κ2) is 8.04. The number of hydrogen-bond acceptors (Lipinski definition) is 3. The van der Waals surface area contributed by atoms with Crippen molar-refractivity contribution in [3.8, 4) is 0 Å². The summed E-state index contributed by atoms with van der Waals surface area (Å²) < 4.78 is 0. The van der Waals surface area contributed by atoms with E-state index in [-0.39, 0.29) is 0 Å². The van der Waals surface area contributed by atoms with Gasteiger partial charge in [0.05, 0.1) is 10.0 Å². The van der Waals surface area contributed by atoms with E-state index in [1.807, 2.05) is 23.9 Å². The van der Waals surface area contributed by atoms with Crippen LogP contribution in [0.25, 0.3) is 0 Å². The van der Waals surface area contributed by atoms with Crippen LogP contribution in [0, 0.1) is 0 Å². The van der Waals surface area contributed by atoms with Gasteiger partial charge in [-0.25, -0.2) is 0 Å². The van der Waals surface area contributed by atoms with Gasteiger partial charge in [0.25, 0.3) is 0 Å². The fourth-order valence-electron chi connectivity index (χ4n) is 2.17. The smallest absolute Gasteiger partial charge is 0.0595 e. The molecule has 0 aliphatic carbocycles. The van der Waals surface area contributed by atoms with Crippen LogP contribution in [-0.4, -0.2) is 29.1 Å². The van der Waals surface area contributed by atoms with Crippen LogP contribution in [0.5, 0.6) is 0 Å². The molecular formula is C14H19Cl2NS2. The molecule has 2 unspecified atom stereocenters. The molecule has 1 heterocycles. The molecule has 2 rings (SSSR count). The maximum absolute atomic E-state index is 6.16. The molecule has 0 amide bonds. The Morgan fingerprint density at radius 1 is 1.32 bits per heavy atom. The van der Waals surface area contributed by atoms with Gasteiger partial charge in [0.1, 0.15) is 0 Å². The highest BCUT2D eigenvalue weighted by atomic mass is 35.5. The van der Waals surface area contributed by atoms with E-state index in [1.165, 1.54) is 22.8 Å². The molecule has 5 heteroatoms. The number of halogens is 2. The van der Waals surface area contributed by atoms with Gasteiger partial charge in [-0.2, -0.15) is 23.5 Å². The van der Waals surface area contributed by atoms with Crippen LogP contribution in [0.15, 0.2) is 18.2 Å². The van der Waals surface area contributed by atoms with Gasteiger partial charge >= 0.3 is 0 Å². The first-order chi connectivity index (χ1) is 9.22. The van der Waals surface area contributed by atoms with Crippen molar-refractivity contribution in [3.05, 3.63) is 33.8 Å². The zero-order valence-corrected chi connectivity index (χ0v) is 14.1. The van der Waals surface area contributed by atoms with Crippen LogP contribution in [0.1, 0.15) is 24.9 Å². The van der Waals surface area contributed by atoms with Crippen LogP contribution in [0.2, 0.25) is 10.0 Å². The lowest BCUT2D eigenvalue weighted by Crippen LogP contribution is -2.34. The third-order valence-electron chi connectivity index (χ3n) is 3.13. The van der Waals surface area contributed by atoms with Crippen LogP contribution >= 0.6 is 46.7 Å². The fraction of sp³-hybridized carbons (Fsp3) is 0.571.